The Morgan fingerprint density at radius 3 is 2.22 bits per heavy atom. The minimum atomic E-state index is -3.52. The van der Waals surface area contributed by atoms with Gasteiger partial charge in [0.1, 0.15) is 5.75 Å². The molecule has 7 heteroatoms. The molecule has 1 N–H and O–H groups in total. The molecule has 3 rings (SSSR count). The van der Waals surface area contributed by atoms with Crippen LogP contribution in [0.5, 0.6) is 5.75 Å². The molecule has 1 aliphatic rings. The number of carbonyl (C=O) groups is 1. The van der Waals surface area contributed by atoms with Crippen molar-refractivity contribution in [2.24, 2.45) is 0 Å². The van der Waals surface area contributed by atoms with Gasteiger partial charge in [0.15, 0.2) is 0 Å². The highest BCUT2D eigenvalue weighted by Gasteiger charge is 2.26. The summed E-state index contributed by atoms with van der Waals surface area (Å²) >= 11 is 0. The van der Waals surface area contributed by atoms with E-state index in [0.29, 0.717) is 39.0 Å². The van der Waals surface area contributed by atoms with Crippen molar-refractivity contribution < 1.29 is 17.9 Å². The van der Waals surface area contributed by atoms with Crippen LogP contribution in [-0.4, -0.2) is 45.0 Å². The van der Waals surface area contributed by atoms with Gasteiger partial charge in [0.2, 0.25) is 15.9 Å². The number of rotatable bonds is 7. The molecule has 2 aromatic rings. The van der Waals surface area contributed by atoms with Gasteiger partial charge in [0.05, 0.1) is 17.9 Å². The Kier molecular flexibility index (Phi) is 6.47. The fourth-order valence-electron chi connectivity index (χ4n) is 3.06. The fourth-order valence-corrected chi connectivity index (χ4v) is 4.39. The number of likely N-dealkylation sites (tertiary alicyclic amines) is 1. The third kappa shape index (κ3) is 5.55. The maximum absolute atomic E-state index is 12.4. The fraction of sp³-hybridized carbons (Fsp3) is 0.350. The molecule has 6 nitrogen and oxygen atoms in total. The van der Waals surface area contributed by atoms with Crippen LogP contribution in [0.15, 0.2) is 65.6 Å². The molecule has 1 amide bonds. The van der Waals surface area contributed by atoms with Gasteiger partial charge in [-0.3, -0.25) is 4.79 Å². The van der Waals surface area contributed by atoms with Crippen LogP contribution in [0.4, 0.5) is 0 Å². The van der Waals surface area contributed by atoms with Crippen LogP contribution in [-0.2, 0) is 14.8 Å². The summed E-state index contributed by atoms with van der Waals surface area (Å²) < 4.78 is 33.1. The number of hydrogen-bond donors (Lipinski definition) is 1. The Morgan fingerprint density at radius 2 is 1.59 bits per heavy atom. The van der Waals surface area contributed by atoms with E-state index < -0.39 is 10.0 Å². The molecule has 1 aliphatic heterocycles. The average Bonchev–Trinajstić information content (AvgIpc) is 2.70. The first kappa shape index (κ1) is 19.4. The molecule has 0 bridgehead atoms. The zero-order chi connectivity index (χ0) is 19.1. The quantitative estimate of drug-likeness (QED) is 0.790. The standard InChI is InChI=1S/C20H24N2O4S/c23-20(13-16-26-18-7-3-1-4-8-18)22-14-11-17(12-15-22)21-27(24,25)19-9-5-2-6-10-19/h1-10,17,21H,11-16H2. The van der Waals surface area contributed by atoms with Crippen molar-refractivity contribution in [1.82, 2.24) is 9.62 Å². The molecule has 27 heavy (non-hydrogen) atoms. The van der Waals surface area contributed by atoms with Crippen LogP contribution in [0, 0.1) is 0 Å². The van der Waals surface area contributed by atoms with Gasteiger partial charge in [-0.25, -0.2) is 13.1 Å². The molecular weight excluding hydrogens is 364 g/mol. The molecule has 0 saturated carbocycles. The molecule has 0 atom stereocenters. The minimum absolute atomic E-state index is 0.0373. The van der Waals surface area contributed by atoms with Crippen molar-refractivity contribution >= 4 is 15.9 Å². The lowest BCUT2D eigenvalue weighted by Crippen LogP contribution is -2.46. The average molecular weight is 388 g/mol. The summed E-state index contributed by atoms with van der Waals surface area (Å²) in [5.41, 5.74) is 0. The van der Waals surface area contributed by atoms with Gasteiger partial charge < -0.3 is 9.64 Å². The predicted molar refractivity (Wildman–Crippen MR) is 103 cm³/mol. The first-order chi connectivity index (χ1) is 13.0. The van der Waals surface area contributed by atoms with E-state index in [2.05, 4.69) is 4.72 Å². The van der Waals surface area contributed by atoms with E-state index in [0.717, 1.165) is 5.75 Å². The van der Waals surface area contributed by atoms with Gasteiger partial charge in [-0.15, -0.1) is 0 Å². The van der Waals surface area contributed by atoms with Gasteiger partial charge in [-0.1, -0.05) is 36.4 Å². The van der Waals surface area contributed by atoms with Gasteiger partial charge in [-0.2, -0.15) is 0 Å². The Bertz CT molecular complexity index is 833. The summed E-state index contributed by atoms with van der Waals surface area (Å²) in [4.78, 5) is 14.4. The van der Waals surface area contributed by atoms with E-state index in [9.17, 15) is 13.2 Å². The second-order valence-corrected chi connectivity index (χ2v) is 8.21. The smallest absolute Gasteiger partial charge is 0.240 e. The highest BCUT2D eigenvalue weighted by atomic mass is 32.2. The van der Waals surface area contributed by atoms with E-state index in [1.165, 1.54) is 0 Å². The molecule has 1 fully saturated rings. The first-order valence-electron chi connectivity index (χ1n) is 9.07. The number of carbonyl (C=O) groups excluding carboxylic acids is 1. The largest absolute Gasteiger partial charge is 0.493 e. The van der Waals surface area contributed by atoms with E-state index in [1.54, 1.807) is 35.2 Å². The van der Waals surface area contributed by atoms with Crippen LogP contribution < -0.4 is 9.46 Å². The lowest BCUT2D eigenvalue weighted by molar-refractivity contribution is -0.132. The first-order valence-corrected chi connectivity index (χ1v) is 10.6. The molecule has 0 spiro atoms. The lowest BCUT2D eigenvalue weighted by Gasteiger charge is -2.32. The molecule has 1 heterocycles. The van der Waals surface area contributed by atoms with Crippen molar-refractivity contribution in [3.8, 4) is 5.75 Å². The number of benzene rings is 2. The van der Waals surface area contributed by atoms with Crippen LogP contribution in [0.2, 0.25) is 0 Å². The summed E-state index contributed by atoms with van der Waals surface area (Å²) in [5.74, 6) is 0.787. The number of amides is 1. The number of para-hydroxylation sites is 1. The van der Waals surface area contributed by atoms with Crippen molar-refractivity contribution in [1.29, 1.82) is 0 Å². The second kappa shape index (κ2) is 9.01. The predicted octanol–water partition coefficient (Wildman–Crippen LogP) is 2.43. The Morgan fingerprint density at radius 1 is 1.00 bits per heavy atom. The Hall–Kier alpha value is -2.38. The van der Waals surface area contributed by atoms with Crippen LogP contribution in [0.3, 0.4) is 0 Å². The maximum Gasteiger partial charge on any atom is 0.240 e. The van der Waals surface area contributed by atoms with Gasteiger partial charge in [0, 0.05) is 19.1 Å². The normalized spacial score (nSPS) is 15.5. The summed E-state index contributed by atoms with van der Waals surface area (Å²) in [7, 11) is -3.52. The highest BCUT2D eigenvalue weighted by molar-refractivity contribution is 7.89. The zero-order valence-electron chi connectivity index (χ0n) is 15.1. The monoisotopic (exact) mass is 388 g/mol. The van der Waals surface area contributed by atoms with Crippen LogP contribution in [0.1, 0.15) is 19.3 Å². The molecule has 0 aromatic heterocycles. The van der Waals surface area contributed by atoms with Gasteiger partial charge in [0.25, 0.3) is 0 Å². The number of ether oxygens (including phenoxy) is 1. The third-order valence-electron chi connectivity index (χ3n) is 4.55. The summed E-state index contributed by atoms with van der Waals surface area (Å²) in [5, 5.41) is 0. The summed E-state index contributed by atoms with van der Waals surface area (Å²) in [6.45, 7) is 1.43. The van der Waals surface area contributed by atoms with Crippen LogP contribution in [0.25, 0.3) is 0 Å². The molecule has 0 unspecified atom stereocenters. The van der Waals surface area contributed by atoms with E-state index in [4.69, 9.17) is 4.74 Å². The van der Waals surface area contributed by atoms with Crippen molar-refractivity contribution in [3.63, 3.8) is 0 Å². The molecule has 0 radical (unpaired) electrons. The topological polar surface area (TPSA) is 75.7 Å². The summed E-state index contributed by atoms with van der Waals surface area (Å²) in [6.07, 6.45) is 1.53. The number of sulfonamides is 1. The Labute approximate surface area is 160 Å². The molecule has 0 aliphatic carbocycles. The van der Waals surface area contributed by atoms with Crippen LogP contribution >= 0.6 is 0 Å². The van der Waals surface area contributed by atoms with E-state index in [1.807, 2.05) is 30.3 Å². The van der Waals surface area contributed by atoms with Crippen molar-refractivity contribution in [3.05, 3.63) is 60.7 Å². The number of piperidine rings is 1. The third-order valence-corrected chi connectivity index (χ3v) is 6.09. The van der Waals surface area contributed by atoms with E-state index in [-0.39, 0.29) is 16.8 Å². The number of hydrogen-bond acceptors (Lipinski definition) is 4. The Balaban J connectivity index is 1.42. The summed E-state index contributed by atoms with van der Waals surface area (Å²) in [6, 6.07) is 17.6. The number of nitrogens with zero attached hydrogens (tertiary/aromatic N) is 1. The highest BCUT2D eigenvalue weighted by Crippen LogP contribution is 2.16. The van der Waals surface area contributed by atoms with Crippen molar-refractivity contribution in [2.75, 3.05) is 19.7 Å². The minimum Gasteiger partial charge on any atom is -0.493 e. The molecular formula is C20H24N2O4S. The molecule has 1 saturated heterocycles. The van der Waals surface area contributed by atoms with E-state index >= 15 is 0 Å². The van der Waals surface area contributed by atoms with Gasteiger partial charge >= 0.3 is 0 Å². The number of nitrogens with one attached hydrogen (secondary N) is 1. The maximum atomic E-state index is 12.4. The zero-order valence-corrected chi connectivity index (χ0v) is 15.9. The van der Waals surface area contributed by atoms with Crippen molar-refractivity contribution in [2.45, 2.75) is 30.2 Å². The molecule has 144 valence electrons. The second-order valence-electron chi connectivity index (χ2n) is 6.50. The van der Waals surface area contributed by atoms with Gasteiger partial charge in [-0.05, 0) is 37.1 Å². The SMILES string of the molecule is O=C(CCOc1ccccc1)N1CCC(NS(=O)(=O)c2ccccc2)CC1. The molecule has 2 aromatic carbocycles. The lowest BCUT2D eigenvalue weighted by atomic mass is 10.1.